The van der Waals surface area contributed by atoms with Crippen LogP contribution >= 0.6 is 23.1 Å². The summed E-state index contributed by atoms with van der Waals surface area (Å²) in [5.41, 5.74) is 2.51. The number of nitrogens with one attached hydrogen (secondary N) is 2. The zero-order chi connectivity index (χ0) is 23.6. The van der Waals surface area contributed by atoms with Crippen LogP contribution in [0, 0.1) is 0 Å². The fraction of sp³-hybridized carbons (Fsp3) is 0.286. The average molecular weight is 496 g/mol. The molecule has 0 fully saturated rings. The Hall–Kier alpha value is -2.99. The van der Waals surface area contributed by atoms with Crippen molar-refractivity contribution in [3.63, 3.8) is 0 Å². The molecule has 2 aromatic carbocycles. The number of hydrogen-bond donors (Lipinski definition) is 2. The molecule has 0 aliphatic carbocycles. The third-order valence-electron chi connectivity index (χ3n) is 4.69. The van der Waals surface area contributed by atoms with Crippen molar-refractivity contribution >= 4 is 61.3 Å². The van der Waals surface area contributed by atoms with Crippen LogP contribution in [0.4, 0.5) is 24.3 Å². The molecule has 4 rings (SSSR count). The Kier molecular flexibility index (Phi) is 6.66. The minimum absolute atomic E-state index is 0.156. The number of ether oxygens (including phenoxy) is 1. The van der Waals surface area contributed by atoms with Crippen molar-refractivity contribution in [2.24, 2.45) is 7.05 Å². The Morgan fingerprint density at radius 1 is 1.18 bits per heavy atom. The molecule has 0 saturated carbocycles. The van der Waals surface area contributed by atoms with E-state index >= 15 is 0 Å². The number of fused-ring (bicyclic) bond motifs is 2. The number of aromatic nitrogens is 3. The van der Waals surface area contributed by atoms with E-state index in [9.17, 15) is 18.0 Å². The monoisotopic (exact) mass is 495 g/mol. The molecule has 0 aliphatic rings. The van der Waals surface area contributed by atoms with Crippen LogP contribution in [0.25, 0.3) is 21.3 Å². The van der Waals surface area contributed by atoms with Crippen LogP contribution in [0.5, 0.6) is 5.75 Å². The highest BCUT2D eigenvalue weighted by Gasteiger charge is 2.31. The van der Waals surface area contributed by atoms with Gasteiger partial charge in [0.2, 0.25) is 5.95 Å². The van der Waals surface area contributed by atoms with E-state index < -0.39 is 6.36 Å². The van der Waals surface area contributed by atoms with E-state index in [0.29, 0.717) is 38.9 Å². The Balaban J connectivity index is 1.53. The Labute approximate surface area is 195 Å². The van der Waals surface area contributed by atoms with Crippen LogP contribution in [0.1, 0.15) is 17.3 Å². The molecule has 0 unspecified atom stereocenters. The van der Waals surface area contributed by atoms with Crippen LogP contribution in [-0.2, 0) is 7.05 Å². The number of carbonyl (C=O) groups excluding carboxylic acids is 1. The molecule has 2 aromatic heterocycles. The first-order valence-corrected chi connectivity index (χ1v) is 12.0. The van der Waals surface area contributed by atoms with Crippen LogP contribution in [0.3, 0.4) is 0 Å². The number of hydrogen-bond acceptors (Lipinski definition) is 7. The summed E-state index contributed by atoms with van der Waals surface area (Å²) in [7, 11) is 1.82. The fourth-order valence-electron chi connectivity index (χ4n) is 3.19. The van der Waals surface area contributed by atoms with E-state index in [1.807, 2.05) is 17.7 Å². The van der Waals surface area contributed by atoms with Gasteiger partial charge >= 0.3 is 6.36 Å². The van der Waals surface area contributed by atoms with Crippen molar-refractivity contribution < 1.29 is 22.7 Å². The summed E-state index contributed by atoms with van der Waals surface area (Å²) >= 11 is 2.94. The van der Waals surface area contributed by atoms with Gasteiger partial charge in [-0.15, -0.1) is 13.2 Å². The number of rotatable bonds is 8. The minimum Gasteiger partial charge on any atom is -0.406 e. The molecule has 0 radical (unpaired) electrons. The number of halogens is 3. The fourth-order valence-corrected chi connectivity index (χ4v) is 4.61. The van der Waals surface area contributed by atoms with Crippen molar-refractivity contribution in [3.8, 4) is 5.75 Å². The van der Waals surface area contributed by atoms with Crippen molar-refractivity contribution in [1.29, 1.82) is 0 Å². The van der Waals surface area contributed by atoms with Crippen LogP contribution in [0.15, 0.2) is 36.4 Å². The molecule has 7 nitrogen and oxygen atoms in total. The molecule has 174 valence electrons. The maximum absolute atomic E-state index is 12.5. The lowest BCUT2D eigenvalue weighted by Gasteiger charge is -2.07. The summed E-state index contributed by atoms with van der Waals surface area (Å²) in [6, 6.07) is 9.28. The molecular weight excluding hydrogens is 475 g/mol. The lowest BCUT2D eigenvalue weighted by Crippen LogP contribution is -2.25. The summed E-state index contributed by atoms with van der Waals surface area (Å²) in [4.78, 5) is 21.3. The van der Waals surface area contributed by atoms with Crippen molar-refractivity contribution in [2.75, 3.05) is 23.4 Å². The molecule has 12 heteroatoms. The van der Waals surface area contributed by atoms with Gasteiger partial charge in [0.25, 0.3) is 5.91 Å². The summed E-state index contributed by atoms with van der Waals surface area (Å²) in [5, 5.41) is 6.47. The molecule has 0 aliphatic heterocycles. The minimum atomic E-state index is -4.75. The van der Waals surface area contributed by atoms with E-state index in [2.05, 4.69) is 32.3 Å². The van der Waals surface area contributed by atoms with Gasteiger partial charge in [-0.25, -0.2) is 9.97 Å². The molecule has 0 bridgehead atoms. The van der Waals surface area contributed by atoms with Gasteiger partial charge in [-0.1, -0.05) is 18.3 Å². The molecule has 2 N–H and O–H groups in total. The Bertz CT molecular complexity index is 1300. The van der Waals surface area contributed by atoms with E-state index in [4.69, 9.17) is 0 Å². The van der Waals surface area contributed by atoms with E-state index in [-0.39, 0.29) is 11.7 Å². The second-order valence-electron chi connectivity index (χ2n) is 6.97. The predicted molar refractivity (Wildman–Crippen MR) is 126 cm³/mol. The number of anilines is 2. The second-order valence-corrected chi connectivity index (χ2v) is 9.40. The quantitative estimate of drug-likeness (QED) is 0.323. The number of amides is 1. The highest BCUT2D eigenvalue weighted by Crippen LogP contribution is 2.33. The molecule has 4 aromatic rings. The van der Waals surface area contributed by atoms with Crippen molar-refractivity contribution in [1.82, 2.24) is 19.9 Å². The molecule has 2 heterocycles. The van der Waals surface area contributed by atoms with Crippen molar-refractivity contribution in [3.05, 3.63) is 42.0 Å². The molecule has 0 spiro atoms. The second kappa shape index (κ2) is 9.48. The lowest BCUT2D eigenvalue weighted by molar-refractivity contribution is -0.274. The number of imidazole rings is 1. The smallest absolute Gasteiger partial charge is 0.406 e. The third-order valence-corrected chi connectivity index (χ3v) is 6.53. The van der Waals surface area contributed by atoms with Crippen LogP contribution in [0.2, 0.25) is 0 Å². The first kappa shape index (κ1) is 23.2. The van der Waals surface area contributed by atoms with Gasteiger partial charge in [0.05, 0.1) is 21.3 Å². The highest BCUT2D eigenvalue weighted by atomic mass is 32.2. The molecule has 1 amide bonds. The normalized spacial score (nSPS) is 11.8. The maximum atomic E-state index is 12.5. The summed E-state index contributed by atoms with van der Waals surface area (Å²) in [6.07, 6.45) is -4.75. The van der Waals surface area contributed by atoms with Gasteiger partial charge in [0.1, 0.15) is 5.75 Å². The highest BCUT2D eigenvalue weighted by molar-refractivity contribution is 7.99. The number of thiazole rings is 1. The molecular formula is C21H20F3N5O2S2. The number of benzene rings is 2. The number of carbonyl (C=O) groups is 1. The molecule has 0 saturated heterocycles. The van der Waals surface area contributed by atoms with Gasteiger partial charge in [0.15, 0.2) is 5.13 Å². The molecule has 33 heavy (non-hydrogen) atoms. The Morgan fingerprint density at radius 3 is 2.76 bits per heavy atom. The van der Waals surface area contributed by atoms with E-state index in [1.54, 1.807) is 23.9 Å². The van der Waals surface area contributed by atoms with E-state index in [1.165, 1.54) is 29.5 Å². The number of thioether (sulfide) groups is 1. The number of aryl methyl sites for hydroxylation is 1. The first-order valence-electron chi connectivity index (χ1n) is 9.99. The van der Waals surface area contributed by atoms with Gasteiger partial charge in [-0.3, -0.25) is 4.79 Å². The summed E-state index contributed by atoms with van der Waals surface area (Å²) in [6.45, 7) is 2.67. The first-order chi connectivity index (χ1) is 15.7. The standard InChI is InChI=1S/C21H20F3N5O2S2/c1-3-32-9-8-25-18(30)12-4-7-16-15(10-12)26-19(29(16)2)28-20-27-14-6-5-13(11-17(14)33-20)31-21(22,23)24/h4-7,10-11H,3,8-9H2,1-2H3,(H,25,30)(H,26,27,28). The van der Waals surface area contributed by atoms with Crippen molar-refractivity contribution in [2.45, 2.75) is 13.3 Å². The largest absolute Gasteiger partial charge is 0.573 e. The zero-order valence-electron chi connectivity index (χ0n) is 17.7. The Morgan fingerprint density at radius 2 is 2.00 bits per heavy atom. The predicted octanol–water partition coefficient (Wildman–Crippen LogP) is 5.31. The number of alkyl halides is 3. The summed E-state index contributed by atoms with van der Waals surface area (Å²) in [5.74, 6) is 1.90. The number of nitrogens with zero attached hydrogens (tertiary/aromatic N) is 3. The maximum Gasteiger partial charge on any atom is 0.573 e. The topological polar surface area (TPSA) is 81.1 Å². The van der Waals surface area contributed by atoms with Gasteiger partial charge in [0, 0.05) is 31.0 Å². The zero-order valence-corrected chi connectivity index (χ0v) is 19.3. The third kappa shape index (κ3) is 5.50. The SMILES string of the molecule is CCSCCNC(=O)c1ccc2c(c1)nc(Nc1nc3ccc(OC(F)(F)F)cc3s1)n2C. The molecule has 0 atom stereocenters. The summed E-state index contributed by atoms with van der Waals surface area (Å²) < 4.78 is 43.7. The lowest BCUT2D eigenvalue weighted by atomic mass is 10.2. The van der Waals surface area contributed by atoms with Gasteiger partial charge in [-0.05, 0) is 36.1 Å². The van der Waals surface area contributed by atoms with Crippen LogP contribution in [-0.4, -0.2) is 44.9 Å². The van der Waals surface area contributed by atoms with Gasteiger partial charge < -0.3 is 19.9 Å². The average Bonchev–Trinajstić information content (AvgIpc) is 3.29. The van der Waals surface area contributed by atoms with Crippen LogP contribution < -0.4 is 15.4 Å². The van der Waals surface area contributed by atoms with Gasteiger partial charge in [-0.2, -0.15) is 11.8 Å². The van der Waals surface area contributed by atoms with E-state index in [0.717, 1.165) is 17.0 Å².